The zero-order valence-electron chi connectivity index (χ0n) is 41.8. The molecule has 6 atom stereocenters. The van der Waals surface area contributed by atoms with Gasteiger partial charge < -0.3 is 24.3 Å². The Hall–Kier alpha value is -4.97. The number of hydrogen-bond acceptors (Lipinski definition) is 8. The topological polar surface area (TPSA) is 118 Å². The molecule has 6 unspecified atom stereocenters. The van der Waals surface area contributed by atoms with E-state index in [2.05, 4.69) is 177 Å². The lowest BCUT2D eigenvalue weighted by molar-refractivity contribution is 0.0898. The number of fused-ring (bicyclic) bond motifs is 6. The maximum absolute atomic E-state index is 6.22. The van der Waals surface area contributed by atoms with E-state index in [1.807, 2.05) is 18.6 Å². The van der Waals surface area contributed by atoms with Crippen LogP contribution in [0.15, 0.2) is 110 Å². The summed E-state index contributed by atoms with van der Waals surface area (Å²) in [5, 5.41) is 0. The summed E-state index contributed by atoms with van der Waals surface area (Å²) in [4.78, 5) is 21.6. The normalized spacial score (nSPS) is 21.2. The lowest BCUT2D eigenvalue weighted by atomic mass is 9.95. The Kier molecular flexibility index (Phi) is 14.5. The molecule has 6 heterocycles. The number of nitrogens with zero attached hydrogens (tertiary/aromatic N) is 9. The summed E-state index contributed by atoms with van der Waals surface area (Å²) in [5.41, 5.74) is 17.5. The summed E-state index contributed by atoms with van der Waals surface area (Å²) in [7, 11) is -2.18. The van der Waals surface area contributed by atoms with E-state index in [1.54, 1.807) is 0 Å². The number of nitrogens with two attached hydrogens (primary N) is 1. The van der Waals surface area contributed by atoms with Gasteiger partial charge in [-0.15, -0.1) is 0 Å². The van der Waals surface area contributed by atoms with Crippen LogP contribution in [0, 0.1) is 11.8 Å². The van der Waals surface area contributed by atoms with Crippen molar-refractivity contribution in [1.29, 1.82) is 0 Å². The first-order valence-electron chi connectivity index (χ1n) is 25.0. The van der Waals surface area contributed by atoms with E-state index < -0.39 is 16.1 Å². The highest BCUT2D eigenvalue weighted by Gasteiger charge is 2.38. The Morgan fingerprint density at radius 3 is 1.47 bits per heavy atom. The molecule has 0 bridgehead atoms. The Morgan fingerprint density at radius 2 is 1.03 bits per heavy atom. The van der Waals surface area contributed by atoms with Gasteiger partial charge in [0.25, 0.3) is 0 Å². The molecule has 2 fully saturated rings. The van der Waals surface area contributed by atoms with Gasteiger partial charge in [0.2, 0.25) is 0 Å². The number of rotatable bonds is 17. The molecule has 2 N–H and O–H groups in total. The summed E-state index contributed by atoms with van der Waals surface area (Å²) in [5.74, 6) is 2.03. The largest absolute Gasteiger partial charge is 0.361 e. The molecule has 10 rings (SSSR count). The average molecular weight is 951 g/mol. The highest BCUT2D eigenvalue weighted by molar-refractivity contribution is 6.76. The average Bonchev–Trinajstić information content (AvgIpc) is 4.17. The van der Waals surface area contributed by atoms with Gasteiger partial charge in [-0.05, 0) is 72.9 Å². The molecule has 68 heavy (non-hydrogen) atoms. The van der Waals surface area contributed by atoms with Crippen molar-refractivity contribution in [3.63, 3.8) is 0 Å². The first-order valence-corrected chi connectivity index (χ1v) is 32.5. The minimum Gasteiger partial charge on any atom is -0.361 e. The number of aromatic nitrogens is 8. The molecule has 14 heteroatoms. The van der Waals surface area contributed by atoms with E-state index in [4.69, 9.17) is 25.2 Å². The minimum atomic E-state index is -1.11. The van der Waals surface area contributed by atoms with Gasteiger partial charge in [0.1, 0.15) is 13.5 Å². The van der Waals surface area contributed by atoms with Crippen molar-refractivity contribution in [3.8, 4) is 0 Å². The van der Waals surface area contributed by atoms with Crippen LogP contribution in [0.5, 0.6) is 0 Å². The fourth-order valence-corrected chi connectivity index (χ4v) is 12.2. The van der Waals surface area contributed by atoms with Crippen LogP contribution in [0.25, 0.3) is 33.6 Å². The molecule has 2 aromatic carbocycles. The molecule has 2 saturated carbocycles. The van der Waals surface area contributed by atoms with Crippen molar-refractivity contribution in [1.82, 2.24) is 42.8 Å². The van der Waals surface area contributed by atoms with Crippen LogP contribution >= 0.6 is 0 Å². The second-order valence-electron chi connectivity index (χ2n) is 22.4. The third kappa shape index (κ3) is 11.1. The van der Waals surface area contributed by atoms with E-state index in [0.717, 1.165) is 79.2 Å². The third-order valence-electron chi connectivity index (χ3n) is 14.5. The van der Waals surface area contributed by atoms with Gasteiger partial charge >= 0.3 is 0 Å². The zero-order valence-corrected chi connectivity index (χ0v) is 43.8. The smallest absolute Gasteiger partial charge is 0.159 e. The molecule has 0 spiro atoms. The predicted molar refractivity (Wildman–Crippen MR) is 281 cm³/mol. The molecule has 360 valence electrons. The molecular formula is C54H74N10O2Si2. The monoisotopic (exact) mass is 951 g/mol. The van der Waals surface area contributed by atoms with Gasteiger partial charge in [-0.2, -0.15) is 0 Å². The van der Waals surface area contributed by atoms with Crippen LogP contribution in [-0.4, -0.2) is 84.2 Å². The van der Waals surface area contributed by atoms with E-state index in [-0.39, 0.29) is 6.04 Å². The van der Waals surface area contributed by atoms with E-state index in [1.165, 1.54) is 41.0 Å². The summed E-state index contributed by atoms with van der Waals surface area (Å²) in [6.45, 7) is 23.6. The van der Waals surface area contributed by atoms with Crippen LogP contribution in [0.1, 0.15) is 73.9 Å². The third-order valence-corrected chi connectivity index (χ3v) is 17.9. The first kappa shape index (κ1) is 48.1. The molecule has 0 radical (unpaired) electrons. The van der Waals surface area contributed by atoms with Crippen LogP contribution in [0.4, 0.5) is 0 Å². The summed E-state index contributed by atoms with van der Waals surface area (Å²) >= 11 is 0. The number of benzene rings is 2. The Labute approximate surface area is 404 Å². The highest BCUT2D eigenvalue weighted by Crippen LogP contribution is 2.43. The van der Waals surface area contributed by atoms with Crippen molar-refractivity contribution in [3.05, 3.63) is 132 Å². The predicted octanol–water partition coefficient (Wildman–Crippen LogP) is 11.4. The molecule has 2 aliphatic carbocycles. The van der Waals surface area contributed by atoms with Crippen molar-refractivity contribution >= 4 is 49.8 Å². The number of ether oxygens (including phenoxy) is 2. The molecule has 12 nitrogen and oxygen atoms in total. The van der Waals surface area contributed by atoms with E-state index in [9.17, 15) is 0 Å². The van der Waals surface area contributed by atoms with Crippen molar-refractivity contribution in [2.24, 2.45) is 17.6 Å². The fourth-order valence-electron chi connectivity index (χ4n) is 10.6. The number of hydrogen-bond donors (Lipinski definition) is 1. The molecule has 0 aliphatic heterocycles. The van der Waals surface area contributed by atoms with Crippen molar-refractivity contribution < 1.29 is 9.47 Å². The maximum Gasteiger partial charge on any atom is 0.159 e. The minimum absolute atomic E-state index is 0.289. The lowest BCUT2D eigenvalue weighted by Gasteiger charge is -2.29. The molecule has 2 aliphatic rings. The molecule has 0 saturated heterocycles. The lowest BCUT2D eigenvalue weighted by Crippen LogP contribution is -2.32. The SMILES string of the molecule is CC1CC(N(Cc2ccccc2)Cc2ccccc2)CC1c1cnc2cnc3c(ccn3COCC[Si](C)(C)C)n12.CC1CC(N)CC1c1cnc2cnc3c(ccn3COCC[Si](C)(C)C)n12. The quantitative estimate of drug-likeness (QED) is 0.0708. The van der Waals surface area contributed by atoms with Gasteiger partial charge in [0.05, 0.1) is 23.4 Å². The molecule has 0 amide bonds. The molecule has 8 aromatic rings. The van der Waals surface area contributed by atoms with Crippen molar-refractivity contribution in [2.45, 2.75) is 141 Å². The van der Waals surface area contributed by atoms with Gasteiger partial charge in [0, 0.05) is 103 Å². The maximum atomic E-state index is 6.22. The zero-order chi connectivity index (χ0) is 47.6. The Balaban J connectivity index is 0.000000185. The standard InChI is InChI=1S/C34H43N5OSi.C20H31N5OSi/c1-26-19-29(38(23-27-11-7-5-8-12-27)24-28-13-9-6-10-14-28)20-30(26)32-21-35-33-22-36-34-31(39(32)33)15-16-37(34)25-40-17-18-41(2,3)4;1-14-9-15(21)10-16(14)18-11-22-19-12-23-20-17(25(18)19)5-6-24(20)13-26-7-8-27(2,3)4/h5-16,21-22,26,29-30H,17-20,23-25H2,1-4H3;5-6,11-12,14-16H,7-10,13,21H2,1-4H3. The van der Waals surface area contributed by atoms with Crippen LogP contribution in [0.2, 0.25) is 51.4 Å². The van der Waals surface area contributed by atoms with Crippen molar-refractivity contribution in [2.75, 3.05) is 13.2 Å². The Morgan fingerprint density at radius 1 is 0.574 bits per heavy atom. The fraction of sp³-hybridized carbons (Fsp3) is 0.481. The molecule has 6 aromatic heterocycles. The van der Waals surface area contributed by atoms with Gasteiger partial charge in [-0.25, -0.2) is 19.9 Å². The highest BCUT2D eigenvalue weighted by atomic mass is 28.3. The summed E-state index contributed by atoms with van der Waals surface area (Å²) in [6.07, 6.45) is 16.5. The van der Waals surface area contributed by atoms with Crippen LogP contribution < -0.4 is 5.73 Å². The van der Waals surface area contributed by atoms with E-state index in [0.29, 0.717) is 43.2 Å². The van der Waals surface area contributed by atoms with Crippen LogP contribution in [0.3, 0.4) is 0 Å². The van der Waals surface area contributed by atoms with E-state index >= 15 is 0 Å². The second-order valence-corrected chi connectivity index (χ2v) is 33.6. The molecular weight excluding hydrogens is 877 g/mol. The van der Waals surface area contributed by atoms with Crippen LogP contribution in [-0.2, 0) is 36.0 Å². The van der Waals surface area contributed by atoms with Gasteiger partial charge in [0.15, 0.2) is 22.6 Å². The first-order chi connectivity index (χ1) is 32.7. The van der Waals surface area contributed by atoms with Gasteiger partial charge in [-0.3, -0.25) is 13.7 Å². The summed E-state index contributed by atoms with van der Waals surface area (Å²) in [6, 6.07) is 29.3. The summed E-state index contributed by atoms with van der Waals surface area (Å²) < 4.78 is 20.8. The Bertz CT molecular complexity index is 2850. The number of imidazole rings is 2. The van der Waals surface area contributed by atoms with Gasteiger partial charge in [-0.1, -0.05) is 114 Å². The second kappa shape index (κ2) is 20.6.